The summed E-state index contributed by atoms with van der Waals surface area (Å²) in [6.07, 6.45) is 2.37. The van der Waals surface area contributed by atoms with Crippen LogP contribution in [-0.4, -0.2) is 62.6 Å². The van der Waals surface area contributed by atoms with Gasteiger partial charge in [0.15, 0.2) is 6.29 Å². The monoisotopic (exact) mass is 470 g/mol. The molecular weight excluding hydrogens is 443 g/mol. The predicted molar refractivity (Wildman–Crippen MR) is 122 cm³/mol. The van der Waals surface area contributed by atoms with Gasteiger partial charge in [0.1, 0.15) is 23.8 Å². The van der Waals surface area contributed by atoms with Crippen molar-refractivity contribution in [3.05, 3.63) is 57.5 Å². The molecule has 1 saturated heterocycles. The van der Waals surface area contributed by atoms with Gasteiger partial charge >= 0.3 is 0 Å². The van der Waals surface area contributed by atoms with Crippen LogP contribution in [0.5, 0.6) is 0 Å². The summed E-state index contributed by atoms with van der Waals surface area (Å²) in [6.45, 7) is 5.02. The van der Waals surface area contributed by atoms with E-state index in [4.69, 9.17) is 4.74 Å². The highest BCUT2D eigenvalue weighted by molar-refractivity contribution is 5.90. The molecule has 10 nitrogen and oxygen atoms in total. The first-order valence-electron chi connectivity index (χ1n) is 11.1. The van der Waals surface area contributed by atoms with Crippen LogP contribution in [0.4, 0.5) is 10.2 Å². The number of amides is 1. The zero-order chi connectivity index (χ0) is 24.4. The van der Waals surface area contributed by atoms with Gasteiger partial charge in [0.25, 0.3) is 5.56 Å². The third-order valence-electron chi connectivity index (χ3n) is 6.08. The second-order valence-corrected chi connectivity index (χ2v) is 8.69. The predicted octanol–water partition coefficient (Wildman–Crippen LogP) is 1.83. The summed E-state index contributed by atoms with van der Waals surface area (Å²) in [5.41, 5.74) is 0.985. The highest BCUT2D eigenvalue weighted by atomic mass is 19.1. The number of fused-ring (bicyclic) bond motifs is 1. The Morgan fingerprint density at radius 3 is 2.82 bits per heavy atom. The van der Waals surface area contributed by atoms with Crippen molar-refractivity contribution in [3.63, 3.8) is 0 Å². The zero-order valence-electron chi connectivity index (χ0n) is 19.3. The van der Waals surface area contributed by atoms with E-state index in [-0.39, 0.29) is 42.1 Å². The van der Waals surface area contributed by atoms with Crippen molar-refractivity contribution in [2.75, 3.05) is 25.6 Å². The maximum atomic E-state index is 13.4. The normalized spacial score (nSPS) is 16.0. The van der Waals surface area contributed by atoms with Gasteiger partial charge in [-0.05, 0) is 39.4 Å². The third-order valence-corrected chi connectivity index (χ3v) is 6.08. The molecule has 1 aliphatic heterocycles. The second-order valence-electron chi connectivity index (χ2n) is 8.69. The molecule has 0 aromatic carbocycles. The number of rotatable bonds is 8. The lowest BCUT2D eigenvalue weighted by Crippen LogP contribution is -2.35. The summed E-state index contributed by atoms with van der Waals surface area (Å²) in [4.78, 5) is 44.2. The molecule has 11 heteroatoms. The smallest absolute Gasteiger partial charge is 0.279 e. The summed E-state index contributed by atoms with van der Waals surface area (Å²) in [6, 6.07) is 4.38. The average molecular weight is 471 g/mol. The first-order chi connectivity index (χ1) is 16.3. The van der Waals surface area contributed by atoms with Crippen LogP contribution < -0.4 is 10.9 Å². The number of carbonyl (C=O) groups is 2. The number of ether oxygens (including phenoxy) is 1. The number of hydrogen-bond donors (Lipinski definition) is 1. The number of nitrogens with zero attached hydrogens (tertiary/aromatic N) is 5. The highest BCUT2D eigenvalue weighted by Crippen LogP contribution is 2.25. The molecule has 0 radical (unpaired) electrons. The van der Waals surface area contributed by atoms with Crippen molar-refractivity contribution in [2.24, 2.45) is 0 Å². The molecule has 3 aromatic rings. The van der Waals surface area contributed by atoms with Gasteiger partial charge in [0.2, 0.25) is 5.91 Å². The molecule has 0 saturated carbocycles. The number of halogens is 1. The van der Waals surface area contributed by atoms with E-state index >= 15 is 0 Å². The lowest BCUT2D eigenvalue weighted by molar-refractivity contribution is -0.116. The van der Waals surface area contributed by atoms with Crippen LogP contribution in [0.3, 0.4) is 0 Å². The van der Waals surface area contributed by atoms with Gasteiger partial charge in [-0.1, -0.05) is 0 Å². The number of aldehydes is 1. The maximum Gasteiger partial charge on any atom is 0.279 e. The molecule has 0 spiro atoms. The molecule has 1 atom stereocenters. The van der Waals surface area contributed by atoms with Crippen molar-refractivity contribution in [1.82, 2.24) is 24.1 Å². The minimum absolute atomic E-state index is 0.0338. The van der Waals surface area contributed by atoms with Crippen LogP contribution >= 0.6 is 0 Å². The summed E-state index contributed by atoms with van der Waals surface area (Å²) in [5, 5.41) is 7.12. The quantitative estimate of drug-likeness (QED) is 0.500. The fourth-order valence-corrected chi connectivity index (χ4v) is 3.88. The molecule has 0 bridgehead atoms. The number of nitrogens with one attached hydrogen (secondary N) is 1. The van der Waals surface area contributed by atoms with Crippen molar-refractivity contribution in [2.45, 2.75) is 45.3 Å². The first-order valence-corrected chi connectivity index (χ1v) is 11.1. The van der Waals surface area contributed by atoms with E-state index in [2.05, 4.69) is 15.4 Å². The Kier molecular flexibility index (Phi) is 6.85. The van der Waals surface area contributed by atoms with Crippen molar-refractivity contribution < 1.29 is 18.7 Å². The molecule has 0 aliphatic carbocycles. The van der Waals surface area contributed by atoms with Crippen LogP contribution in [0.2, 0.25) is 0 Å². The van der Waals surface area contributed by atoms with Gasteiger partial charge in [-0.25, -0.2) is 9.37 Å². The van der Waals surface area contributed by atoms with Crippen molar-refractivity contribution in [3.8, 4) is 0 Å². The van der Waals surface area contributed by atoms with Gasteiger partial charge in [0, 0.05) is 31.2 Å². The number of pyridine rings is 1. The summed E-state index contributed by atoms with van der Waals surface area (Å²) < 4.78 is 21.4. The third kappa shape index (κ3) is 4.75. The molecule has 4 rings (SSSR count). The van der Waals surface area contributed by atoms with E-state index in [1.807, 2.05) is 25.8 Å². The van der Waals surface area contributed by atoms with E-state index in [1.54, 1.807) is 6.07 Å². The number of carbonyl (C=O) groups excluding carboxylic acids is 2. The molecule has 1 aliphatic rings. The molecule has 34 heavy (non-hydrogen) atoms. The standard InChI is InChI=1S/C23H27FN6O4/c1-14(2)28(3)10-17-19(12-31)29(11-21(32)26-20-5-4-16(24)9-25-20)22-8-18(15-6-7-34-13-15)27-30(22)23(17)33/h4-5,8-9,12,14-15H,6-7,10-11,13H2,1-3H3,(H,25,26,32)/t15-/m0/s1. The zero-order valence-corrected chi connectivity index (χ0v) is 19.3. The number of aromatic nitrogens is 4. The molecule has 4 heterocycles. The molecular formula is C23H27FN6O4. The Labute approximate surface area is 195 Å². The van der Waals surface area contributed by atoms with E-state index in [1.165, 1.54) is 21.2 Å². The van der Waals surface area contributed by atoms with Crippen molar-refractivity contribution in [1.29, 1.82) is 0 Å². The lowest BCUT2D eigenvalue weighted by atomic mass is 10.1. The van der Waals surface area contributed by atoms with Crippen molar-refractivity contribution >= 4 is 23.7 Å². The Bertz CT molecular complexity index is 1260. The Morgan fingerprint density at radius 2 is 2.21 bits per heavy atom. The minimum atomic E-state index is -0.523. The average Bonchev–Trinajstić information content (AvgIpc) is 3.48. The Hall–Kier alpha value is -3.44. The molecule has 3 aromatic heterocycles. The fourth-order valence-electron chi connectivity index (χ4n) is 3.88. The van der Waals surface area contributed by atoms with E-state index in [9.17, 15) is 18.8 Å². The lowest BCUT2D eigenvalue weighted by Gasteiger charge is -2.23. The van der Waals surface area contributed by atoms with Crippen LogP contribution in [0, 0.1) is 5.82 Å². The van der Waals surface area contributed by atoms with Crippen LogP contribution in [0.15, 0.2) is 29.2 Å². The van der Waals surface area contributed by atoms with Gasteiger partial charge in [-0.3, -0.25) is 19.3 Å². The van der Waals surface area contributed by atoms with E-state index in [0.29, 0.717) is 30.8 Å². The van der Waals surface area contributed by atoms with Gasteiger partial charge in [-0.15, -0.1) is 0 Å². The second kappa shape index (κ2) is 9.82. The SMILES string of the molecule is CC(C)N(C)Cc1c(C=O)n(CC(=O)Nc2ccc(F)cn2)c2cc([C@H]3CCOC3)nn2c1=O. The highest BCUT2D eigenvalue weighted by Gasteiger charge is 2.26. The number of anilines is 1. The number of hydrogen-bond acceptors (Lipinski definition) is 7. The Balaban J connectivity index is 1.80. The Morgan fingerprint density at radius 1 is 1.41 bits per heavy atom. The minimum Gasteiger partial charge on any atom is -0.381 e. The molecule has 1 N–H and O–H groups in total. The maximum absolute atomic E-state index is 13.4. The summed E-state index contributed by atoms with van der Waals surface area (Å²) >= 11 is 0. The van der Waals surface area contributed by atoms with Crippen LogP contribution in [0.25, 0.3) is 5.65 Å². The topological polar surface area (TPSA) is 111 Å². The summed E-state index contributed by atoms with van der Waals surface area (Å²) in [7, 11) is 1.85. The molecule has 0 unspecified atom stereocenters. The van der Waals surface area contributed by atoms with Gasteiger partial charge in [0.05, 0.1) is 29.8 Å². The van der Waals surface area contributed by atoms with Gasteiger partial charge in [-0.2, -0.15) is 9.61 Å². The van der Waals surface area contributed by atoms with Gasteiger partial charge < -0.3 is 14.6 Å². The summed E-state index contributed by atoms with van der Waals surface area (Å²) in [5.74, 6) is -0.799. The fraction of sp³-hybridized carbons (Fsp3) is 0.435. The largest absolute Gasteiger partial charge is 0.381 e. The molecule has 180 valence electrons. The molecule has 1 amide bonds. The van der Waals surface area contributed by atoms with E-state index < -0.39 is 17.3 Å². The van der Waals surface area contributed by atoms with Crippen LogP contribution in [0.1, 0.15) is 47.9 Å². The first kappa shape index (κ1) is 23.7. The molecule has 1 fully saturated rings. The van der Waals surface area contributed by atoms with Crippen LogP contribution in [-0.2, 0) is 22.6 Å². The van der Waals surface area contributed by atoms with E-state index in [0.717, 1.165) is 12.6 Å².